The second-order valence-electron chi connectivity index (χ2n) is 9.01. The Morgan fingerprint density at radius 3 is 2.07 bits per heavy atom. The van der Waals surface area contributed by atoms with Crippen molar-refractivity contribution in [2.45, 2.75) is 58.3 Å². The van der Waals surface area contributed by atoms with Gasteiger partial charge in [0.05, 0.1) is 0 Å². The van der Waals surface area contributed by atoms with Crippen molar-refractivity contribution in [3.8, 4) is 0 Å². The van der Waals surface area contributed by atoms with Gasteiger partial charge in [-0.15, -0.1) is 0 Å². The van der Waals surface area contributed by atoms with Gasteiger partial charge < -0.3 is 14.6 Å². The van der Waals surface area contributed by atoms with Crippen molar-refractivity contribution in [2.75, 3.05) is 0 Å². The van der Waals surface area contributed by atoms with E-state index in [1.807, 2.05) is 6.07 Å². The lowest BCUT2D eigenvalue weighted by atomic mass is 9.71. The summed E-state index contributed by atoms with van der Waals surface area (Å²) in [5.74, 6) is -1.04. The summed E-state index contributed by atoms with van der Waals surface area (Å²) >= 11 is 0. The second-order valence-corrected chi connectivity index (χ2v) is 9.01. The van der Waals surface area contributed by atoms with Crippen LogP contribution >= 0.6 is 0 Å². The van der Waals surface area contributed by atoms with Crippen LogP contribution in [0.3, 0.4) is 0 Å². The van der Waals surface area contributed by atoms with Crippen molar-refractivity contribution in [3.63, 3.8) is 0 Å². The zero-order chi connectivity index (χ0) is 21.7. The summed E-state index contributed by atoms with van der Waals surface area (Å²) in [5, 5.41) is 10.4. The Bertz CT molecular complexity index is 846. The number of rotatable bonds is 6. The molecule has 160 valence electrons. The van der Waals surface area contributed by atoms with Gasteiger partial charge >= 0.3 is 11.9 Å². The fraction of sp³-hybridized carbons (Fsp3) is 0.440. The Morgan fingerprint density at radius 2 is 1.50 bits per heavy atom. The predicted molar refractivity (Wildman–Crippen MR) is 113 cm³/mol. The Kier molecular flexibility index (Phi) is 6.93. The average Bonchev–Trinajstić information content (AvgIpc) is 2.71. The summed E-state index contributed by atoms with van der Waals surface area (Å²) in [4.78, 5) is 25.6. The van der Waals surface area contributed by atoms with Gasteiger partial charge in [0.1, 0.15) is 6.10 Å². The topological polar surface area (TPSA) is 72.8 Å². The van der Waals surface area contributed by atoms with Gasteiger partial charge in [0.2, 0.25) is 6.10 Å². The molecular formula is C25H30O5. The lowest BCUT2D eigenvalue weighted by molar-refractivity contribution is -0.179. The fourth-order valence-electron chi connectivity index (χ4n) is 4.41. The summed E-state index contributed by atoms with van der Waals surface area (Å²) < 4.78 is 11.3. The number of carbonyl (C=O) groups is 2. The number of benzene rings is 2. The predicted octanol–water partition coefficient (Wildman–Crippen LogP) is 4.76. The zero-order valence-corrected chi connectivity index (χ0v) is 17.8. The second kappa shape index (κ2) is 9.43. The number of hydrogen-bond acceptors (Lipinski definition) is 5. The van der Waals surface area contributed by atoms with Gasteiger partial charge in [-0.25, -0.2) is 9.59 Å². The van der Waals surface area contributed by atoms with Crippen LogP contribution in [0.15, 0.2) is 60.7 Å². The molecule has 0 saturated heterocycles. The molecule has 0 radical (unpaired) electrons. The van der Waals surface area contributed by atoms with Crippen LogP contribution in [0.2, 0.25) is 0 Å². The fourth-order valence-corrected chi connectivity index (χ4v) is 4.41. The summed E-state index contributed by atoms with van der Waals surface area (Å²) in [6, 6.07) is 17.3. The molecule has 0 aliphatic heterocycles. The molecule has 1 fully saturated rings. The third-order valence-electron chi connectivity index (χ3n) is 5.52. The SMILES string of the molecule is CC1CC(OC(=O)C(OC(=O)C(O)c2ccccc2)c2ccccc2)CC(C)(C)C1. The molecule has 4 unspecified atom stereocenters. The van der Waals surface area contributed by atoms with Gasteiger partial charge in [0.15, 0.2) is 6.10 Å². The van der Waals surface area contributed by atoms with Gasteiger partial charge in [0, 0.05) is 5.56 Å². The number of esters is 2. The molecule has 0 aromatic heterocycles. The Morgan fingerprint density at radius 1 is 0.933 bits per heavy atom. The van der Waals surface area contributed by atoms with Crippen LogP contribution in [0.1, 0.15) is 63.4 Å². The monoisotopic (exact) mass is 410 g/mol. The van der Waals surface area contributed by atoms with E-state index in [1.54, 1.807) is 54.6 Å². The van der Waals surface area contributed by atoms with Crippen molar-refractivity contribution >= 4 is 11.9 Å². The Balaban J connectivity index is 1.76. The van der Waals surface area contributed by atoms with E-state index in [0.717, 1.165) is 19.3 Å². The van der Waals surface area contributed by atoms with E-state index in [1.165, 1.54) is 0 Å². The first-order valence-electron chi connectivity index (χ1n) is 10.4. The molecule has 1 N–H and O–H groups in total. The van der Waals surface area contributed by atoms with Crippen molar-refractivity contribution in [3.05, 3.63) is 71.8 Å². The molecule has 0 bridgehead atoms. The van der Waals surface area contributed by atoms with E-state index >= 15 is 0 Å². The van der Waals surface area contributed by atoms with Gasteiger partial charge in [0.25, 0.3) is 0 Å². The van der Waals surface area contributed by atoms with E-state index in [-0.39, 0.29) is 11.5 Å². The molecule has 1 saturated carbocycles. The molecule has 0 spiro atoms. The molecule has 2 aromatic rings. The molecule has 4 atom stereocenters. The van der Waals surface area contributed by atoms with Gasteiger partial charge in [-0.1, -0.05) is 81.4 Å². The van der Waals surface area contributed by atoms with E-state index in [0.29, 0.717) is 17.0 Å². The smallest absolute Gasteiger partial charge is 0.352 e. The summed E-state index contributed by atoms with van der Waals surface area (Å²) in [5.41, 5.74) is 1.01. The van der Waals surface area contributed by atoms with Crippen LogP contribution in [0, 0.1) is 11.3 Å². The van der Waals surface area contributed by atoms with Crippen LogP contribution < -0.4 is 0 Å². The summed E-state index contributed by atoms with van der Waals surface area (Å²) in [6.45, 7) is 6.51. The van der Waals surface area contributed by atoms with Gasteiger partial charge in [-0.2, -0.15) is 0 Å². The van der Waals surface area contributed by atoms with E-state index < -0.39 is 24.1 Å². The first-order valence-corrected chi connectivity index (χ1v) is 10.4. The van der Waals surface area contributed by atoms with Crippen molar-refractivity contribution in [2.24, 2.45) is 11.3 Å². The molecule has 5 heteroatoms. The highest BCUT2D eigenvalue weighted by Crippen LogP contribution is 2.40. The lowest BCUT2D eigenvalue weighted by Crippen LogP contribution is -2.36. The standard InChI is InChI=1S/C25H30O5/c1-17-14-20(16-25(2,3)15-17)29-24(28)22(19-12-8-5-9-13-19)30-23(27)21(26)18-10-6-4-7-11-18/h4-13,17,20-22,26H,14-16H2,1-3H3. The maximum Gasteiger partial charge on any atom is 0.352 e. The first-order chi connectivity index (χ1) is 14.2. The number of aliphatic hydroxyl groups is 1. The van der Waals surface area contributed by atoms with Gasteiger partial charge in [-0.3, -0.25) is 0 Å². The molecule has 2 aromatic carbocycles. The summed E-state index contributed by atoms with van der Waals surface area (Å²) in [7, 11) is 0. The normalized spacial score (nSPS) is 22.5. The largest absolute Gasteiger partial charge is 0.459 e. The Labute approximate surface area is 178 Å². The Hall–Kier alpha value is -2.66. The van der Waals surface area contributed by atoms with Crippen LogP contribution in [0.5, 0.6) is 0 Å². The minimum atomic E-state index is -1.47. The third kappa shape index (κ3) is 5.70. The molecule has 1 aliphatic carbocycles. The lowest BCUT2D eigenvalue weighted by Gasteiger charge is -2.38. The number of aliphatic hydroxyl groups excluding tert-OH is 1. The summed E-state index contributed by atoms with van der Waals surface area (Å²) in [6.07, 6.45) is -0.277. The van der Waals surface area contributed by atoms with Crippen molar-refractivity contribution in [1.29, 1.82) is 0 Å². The molecule has 3 rings (SSSR count). The molecule has 5 nitrogen and oxygen atoms in total. The number of ether oxygens (including phenoxy) is 2. The minimum absolute atomic E-state index is 0.0883. The zero-order valence-electron chi connectivity index (χ0n) is 17.8. The molecule has 1 aliphatic rings. The van der Waals surface area contributed by atoms with Gasteiger partial charge in [-0.05, 0) is 36.2 Å². The van der Waals surface area contributed by atoms with Crippen LogP contribution in [0.4, 0.5) is 0 Å². The molecule has 0 heterocycles. The quantitative estimate of drug-likeness (QED) is 0.695. The maximum absolute atomic E-state index is 13.0. The molecular weight excluding hydrogens is 380 g/mol. The third-order valence-corrected chi connectivity index (χ3v) is 5.52. The highest BCUT2D eigenvalue weighted by molar-refractivity contribution is 5.83. The highest BCUT2D eigenvalue weighted by atomic mass is 16.6. The van der Waals surface area contributed by atoms with E-state index in [9.17, 15) is 14.7 Å². The maximum atomic E-state index is 13.0. The van der Waals surface area contributed by atoms with Crippen LogP contribution in [-0.2, 0) is 19.1 Å². The minimum Gasteiger partial charge on any atom is -0.459 e. The van der Waals surface area contributed by atoms with Crippen LogP contribution in [0.25, 0.3) is 0 Å². The molecule has 30 heavy (non-hydrogen) atoms. The average molecular weight is 411 g/mol. The van der Waals surface area contributed by atoms with Crippen molar-refractivity contribution < 1.29 is 24.2 Å². The van der Waals surface area contributed by atoms with E-state index in [4.69, 9.17) is 9.47 Å². The van der Waals surface area contributed by atoms with Crippen molar-refractivity contribution in [1.82, 2.24) is 0 Å². The van der Waals surface area contributed by atoms with E-state index in [2.05, 4.69) is 20.8 Å². The highest BCUT2D eigenvalue weighted by Gasteiger charge is 2.37. The first kappa shape index (κ1) is 22.0. The number of carbonyl (C=O) groups excluding carboxylic acids is 2. The molecule has 0 amide bonds. The van der Waals surface area contributed by atoms with Crippen LogP contribution in [-0.4, -0.2) is 23.1 Å². The number of hydrogen-bond donors (Lipinski definition) is 1.